The lowest BCUT2D eigenvalue weighted by Gasteiger charge is -2.24. The van der Waals surface area contributed by atoms with E-state index in [-0.39, 0.29) is 0 Å². The van der Waals surface area contributed by atoms with Crippen LogP contribution in [0.15, 0.2) is 18.3 Å². The molecule has 0 aromatic carbocycles. The first kappa shape index (κ1) is 14.9. The summed E-state index contributed by atoms with van der Waals surface area (Å²) in [5, 5.41) is 9.07. The first-order valence-electron chi connectivity index (χ1n) is 6.10. The number of carboxylic acids is 1. The minimum atomic E-state index is -0.902. The summed E-state index contributed by atoms with van der Waals surface area (Å²) in [4.78, 5) is 28.2. The van der Waals surface area contributed by atoms with Crippen LogP contribution in [0.3, 0.4) is 0 Å². The number of aliphatic carboxylic acids is 1. The molecule has 1 rings (SSSR count). The van der Waals surface area contributed by atoms with E-state index in [4.69, 9.17) is 9.84 Å². The average Bonchev–Trinajstić information content (AvgIpc) is 2.39. The molecule has 0 saturated carbocycles. The molecule has 6 heteroatoms. The summed E-state index contributed by atoms with van der Waals surface area (Å²) in [7, 11) is 1.66. The van der Waals surface area contributed by atoms with Gasteiger partial charge in [0, 0.05) is 13.2 Å². The predicted octanol–water partition coefficient (Wildman–Crippen LogP) is 1.56. The number of anilines is 1. The Kier molecular flexibility index (Phi) is 5.29. The second-order valence-corrected chi connectivity index (χ2v) is 4.00. The molecular weight excluding hydrogens is 248 g/mol. The molecule has 1 atom stereocenters. The van der Waals surface area contributed by atoms with Crippen molar-refractivity contribution in [1.29, 1.82) is 0 Å². The van der Waals surface area contributed by atoms with E-state index in [2.05, 4.69) is 4.98 Å². The Morgan fingerprint density at radius 1 is 1.42 bits per heavy atom. The maximum atomic E-state index is 11.5. The third-order valence-corrected chi connectivity index (χ3v) is 2.76. The largest absolute Gasteiger partial charge is 0.480 e. The highest BCUT2D eigenvalue weighted by Crippen LogP contribution is 2.15. The van der Waals surface area contributed by atoms with Crippen LogP contribution in [-0.2, 0) is 9.53 Å². The lowest BCUT2D eigenvalue weighted by molar-refractivity contribution is -0.138. The number of rotatable bonds is 6. The molecule has 0 aliphatic rings. The molecule has 0 aliphatic carbocycles. The van der Waals surface area contributed by atoms with Gasteiger partial charge in [0.2, 0.25) is 0 Å². The Balaban J connectivity index is 2.86. The minimum absolute atomic E-state index is 0.303. The van der Waals surface area contributed by atoms with Crippen molar-refractivity contribution in [2.24, 2.45) is 0 Å². The molecule has 0 fully saturated rings. The second kappa shape index (κ2) is 6.72. The lowest BCUT2D eigenvalue weighted by atomic mass is 10.2. The molecule has 19 heavy (non-hydrogen) atoms. The fourth-order valence-electron chi connectivity index (χ4n) is 1.70. The Labute approximate surface area is 112 Å². The van der Waals surface area contributed by atoms with E-state index in [1.165, 1.54) is 6.20 Å². The van der Waals surface area contributed by atoms with Crippen LogP contribution in [0.1, 0.15) is 30.6 Å². The monoisotopic (exact) mass is 266 g/mol. The van der Waals surface area contributed by atoms with E-state index < -0.39 is 18.0 Å². The van der Waals surface area contributed by atoms with Crippen LogP contribution < -0.4 is 4.90 Å². The van der Waals surface area contributed by atoms with Gasteiger partial charge < -0.3 is 14.7 Å². The topological polar surface area (TPSA) is 79.7 Å². The Morgan fingerprint density at radius 3 is 2.53 bits per heavy atom. The molecule has 6 nitrogen and oxygen atoms in total. The molecule has 0 saturated heterocycles. The van der Waals surface area contributed by atoms with Crippen molar-refractivity contribution in [2.45, 2.75) is 26.3 Å². The summed E-state index contributed by atoms with van der Waals surface area (Å²) in [6, 6.07) is 2.55. The van der Waals surface area contributed by atoms with Gasteiger partial charge in [-0.15, -0.1) is 0 Å². The fourth-order valence-corrected chi connectivity index (χ4v) is 1.70. The summed E-state index contributed by atoms with van der Waals surface area (Å²) in [6.45, 7) is 3.83. The van der Waals surface area contributed by atoms with E-state index in [0.29, 0.717) is 24.4 Å². The zero-order valence-corrected chi connectivity index (χ0v) is 11.3. The molecule has 1 heterocycles. The van der Waals surface area contributed by atoms with Gasteiger partial charge in [-0.25, -0.2) is 14.6 Å². The molecule has 0 amide bonds. The molecule has 0 bridgehead atoms. The van der Waals surface area contributed by atoms with Crippen LogP contribution in [0.4, 0.5) is 5.82 Å². The molecule has 1 unspecified atom stereocenters. The summed E-state index contributed by atoms with van der Waals surface area (Å²) in [6.07, 6.45) is 1.85. The van der Waals surface area contributed by atoms with Gasteiger partial charge >= 0.3 is 11.9 Å². The van der Waals surface area contributed by atoms with Crippen LogP contribution in [0.2, 0.25) is 0 Å². The maximum Gasteiger partial charge on any atom is 0.339 e. The SMILES string of the molecule is CCOC(=O)c1ccc(N(C)C(CC)C(=O)O)nc1. The standard InChI is InChI=1S/C13H18N2O4/c1-4-10(12(16)17)15(3)11-7-6-9(8-14-11)13(18)19-5-2/h6-8,10H,4-5H2,1-3H3,(H,16,17). The number of carboxylic acid groups (broad SMARTS) is 1. The van der Waals surface area contributed by atoms with E-state index >= 15 is 0 Å². The quantitative estimate of drug-likeness (QED) is 0.787. The molecular formula is C13H18N2O4. The van der Waals surface area contributed by atoms with Crippen molar-refractivity contribution >= 4 is 17.8 Å². The average molecular weight is 266 g/mol. The van der Waals surface area contributed by atoms with E-state index in [1.54, 1.807) is 37.9 Å². The van der Waals surface area contributed by atoms with Crippen LogP contribution in [0.25, 0.3) is 0 Å². The number of aromatic nitrogens is 1. The van der Waals surface area contributed by atoms with Gasteiger partial charge in [-0.3, -0.25) is 0 Å². The van der Waals surface area contributed by atoms with E-state index in [0.717, 1.165) is 0 Å². The van der Waals surface area contributed by atoms with Crippen molar-refractivity contribution in [3.05, 3.63) is 23.9 Å². The number of ether oxygens (including phenoxy) is 1. The molecule has 0 radical (unpaired) electrons. The lowest BCUT2D eigenvalue weighted by Crippen LogP contribution is -2.38. The highest BCUT2D eigenvalue weighted by atomic mass is 16.5. The molecule has 0 spiro atoms. The third kappa shape index (κ3) is 3.67. The number of hydrogen-bond donors (Lipinski definition) is 1. The molecule has 0 aliphatic heterocycles. The van der Waals surface area contributed by atoms with Crippen LogP contribution >= 0.6 is 0 Å². The molecule has 104 valence electrons. The highest BCUT2D eigenvalue weighted by Gasteiger charge is 2.21. The van der Waals surface area contributed by atoms with Gasteiger partial charge in [0.05, 0.1) is 12.2 Å². The summed E-state index contributed by atoms with van der Waals surface area (Å²) in [5.41, 5.74) is 0.349. The number of hydrogen-bond acceptors (Lipinski definition) is 5. The number of nitrogens with zero attached hydrogens (tertiary/aromatic N) is 2. The van der Waals surface area contributed by atoms with Crippen molar-refractivity contribution < 1.29 is 19.4 Å². The number of likely N-dealkylation sites (N-methyl/N-ethyl adjacent to an activating group) is 1. The zero-order valence-electron chi connectivity index (χ0n) is 11.3. The second-order valence-electron chi connectivity index (χ2n) is 4.00. The van der Waals surface area contributed by atoms with Gasteiger partial charge in [0.1, 0.15) is 11.9 Å². The van der Waals surface area contributed by atoms with Crippen molar-refractivity contribution in [2.75, 3.05) is 18.6 Å². The molecule has 1 aromatic rings. The normalized spacial score (nSPS) is 11.7. The first-order chi connectivity index (χ1) is 9.01. The smallest absolute Gasteiger partial charge is 0.339 e. The first-order valence-corrected chi connectivity index (χ1v) is 6.10. The maximum absolute atomic E-state index is 11.5. The van der Waals surface area contributed by atoms with Gasteiger partial charge in [0.25, 0.3) is 0 Å². The van der Waals surface area contributed by atoms with Gasteiger partial charge in [-0.05, 0) is 25.5 Å². The number of carbonyl (C=O) groups is 2. The van der Waals surface area contributed by atoms with Crippen molar-refractivity contribution in [3.8, 4) is 0 Å². The van der Waals surface area contributed by atoms with Gasteiger partial charge in [0.15, 0.2) is 0 Å². The Morgan fingerprint density at radius 2 is 2.11 bits per heavy atom. The molecule has 1 N–H and O–H groups in total. The fraction of sp³-hybridized carbons (Fsp3) is 0.462. The minimum Gasteiger partial charge on any atom is -0.480 e. The van der Waals surface area contributed by atoms with E-state index in [1.807, 2.05) is 0 Å². The highest BCUT2D eigenvalue weighted by molar-refractivity contribution is 5.89. The number of esters is 1. The van der Waals surface area contributed by atoms with Crippen LogP contribution in [0.5, 0.6) is 0 Å². The van der Waals surface area contributed by atoms with Crippen molar-refractivity contribution in [3.63, 3.8) is 0 Å². The number of pyridine rings is 1. The summed E-state index contributed by atoms with van der Waals surface area (Å²) < 4.78 is 4.85. The Bertz CT molecular complexity index is 444. The van der Waals surface area contributed by atoms with Crippen molar-refractivity contribution in [1.82, 2.24) is 4.98 Å². The van der Waals surface area contributed by atoms with E-state index in [9.17, 15) is 9.59 Å². The third-order valence-electron chi connectivity index (χ3n) is 2.76. The summed E-state index contributed by atoms with van der Waals surface area (Å²) in [5.74, 6) is -0.835. The number of carbonyl (C=O) groups excluding carboxylic acids is 1. The Hall–Kier alpha value is -2.11. The molecule has 1 aromatic heterocycles. The predicted molar refractivity (Wildman–Crippen MR) is 70.3 cm³/mol. The summed E-state index contributed by atoms with van der Waals surface area (Å²) >= 11 is 0. The van der Waals surface area contributed by atoms with Crippen LogP contribution in [-0.4, -0.2) is 41.7 Å². The zero-order chi connectivity index (χ0) is 14.4. The van der Waals surface area contributed by atoms with Gasteiger partial charge in [-0.1, -0.05) is 6.92 Å². The van der Waals surface area contributed by atoms with Gasteiger partial charge in [-0.2, -0.15) is 0 Å². The van der Waals surface area contributed by atoms with Crippen LogP contribution in [0, 0.1) is 0 Å².